The Morgan fingerprint density at radius 1 is 1.10 bits per heavy atom. The van der Waals surface area contributed by atoms with Crippen LogP contribution in [0.5, 0.6) is 5.75 Å². The summed E-state index contributed by atoms with van der Waals surface area (Å²) in [6.45, 7) is 4.80. The molecule has 30 heavy (non-hydrogen) atoms. The summed E-state index contributed by atoms with van der Waals surface area (Å²) in [5.41, 5.74) is 6.70. The van der Waals surface area contributed by atoms with Crippen LogP contribution in [0.2, 0.25) is 5.02 Å². The highest BCUT2D eigenvalue weighted by Gasteiger charge is 2.09. The van der Waals surface area contributed by atoms with Crippen molar-refractivity contribution in [1.82, 2.24) is 9.99 Å². The van der Waals surface area contributed by atoms with Crippen LogP contribution < -0.4 is 10.2 Å². The average Bonchev–Trinajstić information content (AvgIpc) is 3.06. The molecule has 152 valence electrons. The Bertz CT molecular complexity index is 1260. The van der Waals surface area contributed by atoms with Gasteiger partial charge in [0.05, 0.1) is 6.21 Å². The van der Waals surface area contributed by atoms with Crippen LogP contribution in [0.25, 0.3) is 21.8 Å². The Morgan fingerprint density at radius 3 is 2.70 bits per heavy atom. The van der Waals surface area contributed by atoms with Crippen molar-refractivity contribution in [2.45, 2.75) is 20.4 Å². The number of carbonyl (C=O) groups excluding carboxylic acids is 1. The number of halogens is 1. The molecule has 0 aliphatic rings. The maximum Gasteiger partial charge on any atom is 0.277 e. The second-order valence-corrected chi connectivity index (χ2v) is 7.47. The van der Waals surface area contributed by atoms with E-state index in [1.165, 1.54) is 21.8 Å². The molecule has 3 aromatic carbocycles. The summed E-state index contributed by atoms with van der Waals surface area (Å²) in [7, 11) is 0. The molecule has 0 fully saturated rings. The maximum atomic E-state index is 12.0. The number of fused-ring (bicyclic) bond motifs is 3. The lowest BCUT2D eigenvalue weighted by atomic mass is 10.1. The lowest BCUT2D eigenvalue weighted by Crippen LogP contribution is -2.24. The van der Waals surface area contributed by atoms with Crippen LogP contribution in [0.3, 0.4) is 0 Å². The topological polar surface area (TPSA) is 55.6 Å². The van der Waals surface area contributed by atoms with Crippen molar-refractivity contribution in [2.24, 2.45) is 5.10 Å². The lowest BCUT2D eigenvalue weighted by molar-refractivity contribution is -0.123. The quantitative estimate of drug-likeness (QED) is 0.340. The Hall–Kier alpha value is -3.31. The van der Waals surface area contributed by atoms with Crippen LogP contribution in [0, 0.1) is 6.92 Å². The number of benzene rings is 3. The van der Waals surface area contributed by atoms with Crippen LogP contribution in [-0.4, -0.2) is 23.3 Å². The molecule has 0 spiro atoms. The molecule has 0 aliphatic carbocycles. The van der Waals surface area contributed by atoms with E-state index < -0.39 is 0 Å². The van der Waals surface area contributed by atoms with E-state index in [-0.39, 0.29) is 12.5 Å². The Morgan fingerprint density at radius 2 is 1.90 bits per heavy atom. The van der Waals surface area contributed by atoms with Gasteiger partial charge in [0, 0.05) is 33.4 Å². The van der Waals surface area contributed by atoms with Gasteiger partial charge in [-0.05, 0) is 61.4 Å². The van der Waals surface area contributed by atoms with Gasteiger partial charge in [-0.25, -0.2) is 5.43 Å². The van der Waals surface area contributed by atoms with Crippen LogP contribution in [0.15, 0.2) is 65.8 Å². The van der Waals surface area contributed by atoms with Crippen molar-refractivity contribution in [3.63, 3.8) is 0 Å². The molecule has 1 N–H and O–H groups in total. The number of nitrogens with one attached hydrogen (secondary N) is 1. The number of rotatable bonds is 6. The third-order valence-corrected chi connectivity index (χ3v) is 5.25. The summed E-state index contributed by atoms with van der Waals surface area (Å²) >= 11 is 5.93. The standard InChI is InChI=1S/C24H22ClN3O2/c1-3-28-21-7-5-4-6-19(21)20-13-17(8-10-22(20)28)14-26-27-24(29)15-30-23-11-9-18(25)12-16(23)2/h4-14H,3,15H2,1-2H3,(H,27,29)/b26-14+. The predicted octanol–water partition coefficient (Wildman–Crippen LogP) is 5.31. The van der Waals surface area contributed by atoms with Gasteiger partial charge in [0.25, 0.3) is 5.91 Å². The maximum absolute atomic E-state index is 12.0. The van der Waals surface area contributed by atoms with Crippen molar-refractivity contribution in [2.75, 3.05) is 6.61 Å². The molecule has 1 aromatic heterocycles. The Kier molecular flexibility index (Phi) is 5.72. The first-order chi connectivity index (χ1) is 14.6. The van der Waals surface area contributed by atoms with E-state index in [1.54, 1.807) is 24.4 Å². The van der Waals surface area contributed by atoms with E-state index in [0.29, 0.717) is 10.8 Å². The molecule has 5 nitrogen and oxygen atoms in total. The molecule has 4 aromatic rings. The van der Waals surface area contributed by atoms with Gasteiger partial charge in [-0.1, -0.05) is 35.9 Å². The van der Waals surface area contributed by atoms with Crippen LogP contribution in [-0.2, 0) is 11.3 Å². The fourth-order valence-electron chi connectivity index (χ4n) is 3.62. The minimum atomic E-state index is -0.329. The second-order valence-electron chi connectivity index (χ2n) is 7.03. The normalized spacial score (nSPS) is 11.4. The zero-order chi connectivity index (χ0) is 21.1. The van der Waals surface area contributed by atoms with Crippen LogP contribution >= 0.6 is 11.6 Å². The van der Waals surface area contributed by atoms with E-state index in [9.17, 15) is 4.79 Å². The molecule has 4 rings (SSSR count). The van der Waals surface area contributed by atoms with E-state index in [1.807, 2.05) is 19.1 Å². The number of hydrogen-bond donors (Lipinski definition) is 1. The number of nitrogens with zero attached hydrogens (tertiary/aromatic N) is 2. The lowest BCUT2D eigenvalue weighted by Gasteiger charge is -2.08. The van der Waals surface area contributed by atoms with Gasteiger partial charge in [-0.2, -0.15) is 5.10 Å². The number of hydrazone groups is 1. The molecule has 1 heterocycles. The van der Waals surface area contributed by atoms with Gasteiger partial charge in [0.1, 0.15) is 5.75 Å². The average molecular weight is 420 g/mol. The molecule has 0 saturated carbocycles. The van der Waals surface area contributed by atoms with Gasteiger partial charge in [0.15, 0.2) is 6.61 Å². The van der Waals surface area contributed by atoms with Crippen molar-refractivity contribution in [3.8, 4) is 5.75 Å². The van der Waals surface area contributed by atoms with Gasteiger partial charge in [-0.3, -0.25) is 4.79 Å². The molecule has 0 unspecified atom stereocenters. The fourth-order valence-corrected chi connectivity index (χ4v) is 3.85. The number of carbonyl (C=O) groups is 1. The Labute approximate surface area is 179 Å². The third kappa shape index (κ3) is 4.02. The zero-order valence-electron chi connectivity index (χ0n) is 16.9. The first-order valence-electron chi connectivity index (χ1n) is 9.78. The predicted molar refractivity (Wildman–Crippen MR) is 123 cm³/mol. The Balaban J connectivity index is 1.45. The zero-order valence-corrected chi connectivity index (χ0v) is 17.6. The number of hydrogen-bond acceptors (Lipinski definition) is 3. The van der Waals surface area contributed by atoms with Gasteiger partial charge < -0.3 is 9.30 Å². The van der Waals surface area contributed by atoms with E-state index in [0.717, 1.165) is 17.7 Å². The first-order valence-corrected chi connectivity index (χ1v) is 10.2. The van der Waals surface area contributed by atoms with Gasteiger partial charge in [-0.15, -0.1) is 0 Å². The SMILES string of the molecule is CCn1c2ccccc2c2cc(/C=N/NC(=O)COc3ccc(Cl)cc3C)ccc21. The molecule has 0 atom stereocenters. The molecule has 0 saturated heterocycles. The van der Waals surface area contributed by atoms with Crippen molar-refractivity contribution >= 4 is 45.5 Å². The molecule has 0 radical (unpaired) electrons. The third-order valence-electron chi connectivity index (χ3n) is 5.01. The molecule has 6 heteroatoms. The van der Waals surface area contributed by atoms with Crippen molar-refractivity contribution in [3.05, 3.63) is 76.8 Å². The van der Waals surface area contributed by atoms with E-state index in [2.05, 4.69) is 52.3 Å². The van der Waals surface area contributed by atoms with E-state index >= 15 is 0 Å². The summed E-state index contributed by atoms with van der Waals surface area (Å²) in [4.78, 5) is 12.0. The highest BCUT2D eigenvalue weighted by molar-refractivity contribution is 6.30. The molecular weight excluding hydrogens is 398 g/mol. The summed E-state index contributed by atoms with van der Waals surface area (Å²) in [5.74, 6) is 0.292. The van der Waals surface area contributed by atoms with Gasteiger partial charge in [0.2, 0.25) is 0 Å². The number of para-hydroxylation sites is 1. The summed E-state index contributed by atoms with van der Waals surface area (Å²) < 4.78 is 7.83. The summed E-state index contributed by atoms with van der Waals surface area (Å²) in [6, 6.07) is 19.8. The number of aryl methyl sites for hydroxylation is 2. The summed E-state index contributed by atoms with van der Waals surface area (Å²) in [6.07, 6.45) is 1.64. The number of amides is 1. The van der Waals surface area contributed by atoms with Gasteiger partial charge >= 0.3 is 0 Å². The number of ether oxygens (including phenoxy) is 1. The highest BCUT2D eigenvalue weighted by Crippen LogP contribution is 2.29. The number of aromatic nitrogens is 1. The fraction of sp³-hybridized carbons (Fsp3) is 0.167. The molecular formula is C24H22ClN3O2. The summed E-state index contributed by atoms with van der Waals surface area (Å²) in [5, 5.41) is 7.08. The largest absolute Gasteiger partial charge is 0.483 e. The molecule has 1 amide bonds. The minimum Gasteiger partial charge on any atom is -0.483 e. The van der Waals surface area contributed by atoms with Crippen LogP contribution in [0.1, 0.15) is 18.1 Å². The highest BCUT2D eigenvalue weighted by atomic mass is 35.5. The van der Waals surface area contributed by atoms with Crippen LogP contribution in [0.4, 0.5) is 0 Å². The first kappa shape index (κ1) is 20.0. The molecule has 0 bridgehead atoms. The van der Waals surface area contributed by atoms with Crippen molar-refractivity contribution < 1.29 is 9.53 Å². The minimum absolute atomic E-state index is 0.122. The monoisotopic (exact) mass is 419 g/mol. The van der Waals surface area contributed by atoms with Crippen molar-refractivity contribution in [1.29, 1.82) is 0 Å². The molecule has 0 aliphatic heterocycles. The second kappa shape index (κ2) is 8.59. The van der Waals surface area contributed by atoms with E-state index in [4.69, 9.17) is 16.3 Å². The smallest absolute Gasteiger partial charge is 0.277 e.